The molecular formula is C16H17N. The Kier molecular flexibility index (Phi) is 3.29. The summed E-state index contributed by atoms with van der Waals surface area (Å²) in [5, 5.41) is 3.31. The first-order valence-corrected chi connectivity index (χ1v) is 5.75. The highest BCUT2D eigenvalue weighted by atomic mass is 14.9. The normalized spacial score (nSPS) is 10.0. The van der Waals surface area contributed by atoms with Gasteiger partial charge in [-0.25, -0.2) is 0 Å². The van der Waals surface area contributed by atoms with E-state index < -0.39 is 0 Å². The Morgan fingerprint density at radius 3 is 1.82 bits per heavy atom. The van der Waals surface area contributed by atoms with Crippen LogP contribution in [0.15, 0.2) is 55.1 Å². The van der Waals surface area contributed by atoms with Crippen molar-refractivity contribution in [2.45, 2.75) is 13.8 Å². The number of hydrogen-bond acceptors (Lipinski definition) is 1. The minimum absolute atomic E-state index is 0.925. The summed E-state index contributed by atoms with van der Waals surface area (Å²) in [4.78, 5) is 0. The molecule has 0 amide bonds. The van der Waals surface area contributed by atoms with Crippen LogP contribution >= 0.6 is 0 Å². The molecule has 0 atom stereocenters. The van der Waals surface area contributed by atoms with E-state index in [4.69, 9.17) is 0 Å². The van der Waals surface area contributed by atoms with Gasteiger partial charge in [0, 0.05) is 11.4 Å². The van der Waals surface area contributed by atoms with Gasteiger partial charge in [0.15, 0.2) is 0 Å². The monoisotopic (exact) mass is 223 g/mol. The third-order valence-electron chi connectivity index (χ3n) is 2.75. The summed E-state index contributed by atoms with van der Waals surface area (Å²) in [5.74, 6) is 0. The maximum absolute atomic E-state index is 4.06. The molecule has 1 heteroatoms. The van der Waals surface area contributed by atoms with Gasteiger partial charge in [0.1, 0.15) is 0 Å². The van der Waals surface area contributed by atoms with Crippen LogP contribution in [-0.4, -0.2) is 0 Å². The van der Waals surface area contributed by atoms with Crippen LogP contribution < -0.4 is 5.32 Å². The summed E-state index contributed by atoms with van der Waals surface area (Å²) in [6, 6.07) is 16.7. The standard InChI is InChI=1S/C16H17N/c1-12-4-8-15(9-5-12)14(3)17-16-10-6-13(2)7-11-16/h4-11,17H,3H2,1-2H3. The van der Waals surface area contributed by atoms with Crippen molar-refractivity contribution in [2.24, 2.45) is 0 Å². The van der Waals surface area contributed by atoms with Crippen molar-refractivity contribution in [1.29, 1.82) is 0 Å². The maximum Gasteiger partial charge on any atom is 0.0384 e. The first-order chi connectivity index (χ1) is 8.15. The molecule has 0 aliphatic carbocycles. The van der Waals surface area contributed by atoms with E-state index in [1.165, 1.54) is 11.1 Å². The van der Waals surface area contributed by atoms with Crippen molar-refractivity contribution in [3.63, 3.8) is 0 Å². The molecule has 2 aromatic carbocycles. The molecule has 1 N–H and O–H groups in total. The lowest BCUT2D eigenvalue weighted by Gasteiger charge is -2.10. The van der Waals surface area contributed by atoms with Gasteiger partial charge in [0.25, 0.3) is 0 Å². The van der Waals surface area contributed by atoms with Crippen molar-refractivity contribution in [3.05, 3.63) is 71.8 Å². The molecule has 0 saturated carbocycles. The first kappa shape index (κ1) is 11.5. The van der Waals surface area contributed by atoms with Crippen LogP contribution in [-0.2, 0) is 0 Å². The average Bonchev–Trinajstić information content (AvgIpc) is 2.33. The Bertz CT molecular complexity index is 506. The summed E-state index contributed by atoms with van der Waals surface area (Å²) < 4.78 is 0. The van der Waals surface area contributed by atoms with Crippen LogP contribution in [0.1, 0.15) is 16.7 Å². The molecule has 1 nitrogen and oxygen atoms in total. The Balaban J connectivity index is 2.11. The van der Waals surface area contributed by atoms with Crippen molar-refractivity contribution in [3.8, 4) is 0 Å². The second-order valence-corrected chi connectivity index (χ2v) is 4.34. The van der Waals surface area contributed by atoms with E-state index in [0.717, 1.165) is 16.9 Å². The molecule has 0 radical (unpaired) electrons. The number of hydrogen-bond donors (Lipinski definition) is 1. The Morgan fingerprint density at radius 2 is 1.29 bits per heavy atom. The number of benzene rings is 2. The van der Waals surface area contributed by atoms with Gasteiger partial charge in [-0.2, -0.15) is 0 Å². The summed E-state index contributed by atoms with van der Waals surface area (Å²) >= 11 is 0. The van der Waals surface area contributed by atoms with Gasteiger partial charge in [0.05, 0.1) is 0 Å². The van der Waals surface area contributed by atoms with Crippen molar-refractivity contribution in [2.75, 3.05) is 5.32 Å². The molecule has 0 unspecified atom stereocenters. The van der Waals surface area contributed by atoms with Crippen LogP contribution in [0.2, 0.25) is 0 Å². The van der Waals surface area contributed by atoms with Gasteiger partial charge in [0.2, 0.25) is 0 Å². The third kappa shape index (κ3) is 2.97. The highest BCUT2D eigenvalue weighted by molar-refractivity contribution is 5.75. The number of nitrogens with one attached hydrogen (secondary N) is 1. The van der Waals surface area contributed by atoms with Crippen LogP contribution in [0.5, 0.6) is 0 Å². The van der Waals surface area contributed by atoms with Crippen LogP contribution in [0, 0.1) is 13.8 Å². The molecule has 17 heavy (non-hydrogen) atoms. The molecule has 86 valence electrons. The quantitative estimate of drug-likeness (QED) is 0.814. The van der Waals surface area contributed by atoms with Gasteiger partial charge >= 0.3 is 0 Å². The molecular weight excluding hydrogens is 206 g/mol. The van der Waals surface area contributed by atoms with Gasteiger partial charge in [-0.3, -0.25) is 0 Å². The van der Waals surface area contributed by atoms with Crippen molar-refractivity contribution >= 4 is 11.4 Å². The second-order valence-electron chi connectivity index (χ2n) is 4.34. The molecule has 0 aliphatic heterocycles. The van der Waals surface area contributed by atoms with E-state index in [1.807, 2.05) is 0 Å². The van der Waals surface area contributed by atoms with Crippen LogP contribution in [0.25, 0.3) is 5.70 Å². The van der Waals surface area contributed by atoms with Gasteiger partial charge in [-0.15, -0.1) is 0 Å². The van der Waals surface area contributed by atoms with E-state index in [2.05, 4.69) is 74.3 Å². The summed E-state index contributed by atoms with van der Waals surface area (Å²) in [6.07, 6.45) is 0. The maximum atomic E-state index is 4.06. The molecule has 0 aliphatic rings. The zero-order chi connectivity index (χ0) is 12.3. The Morgan fingerprint density at radius 1 is 0.824 bits per heavy atom. The molecule has 2 aromatic rings. The zero-order valence-corrected chi connectivity index (χ0v) is 10.3. The van der Waals surface area contributed by atoms with Crippen LogP contribution in [0.3, 0.4) is 0 Å². The minimum Gasteiger partial charge on any atom is -0.356 e. The lowest BCUT2D eigenvalue weighted by atomic mass is 10.1. The zero-order valence-electron chi connectivity index (χ0n) is 10.3. The van der Waals surface area contributed by atoms with Gasteiger partial charge in [-0.05, 0) is 31.5 Å². The smallest absolute Gasteiger partial charge is 0.0384 e. The van der Waals surface area contributed by atoms with E-state index in [-0.39, 0.29) is 0 Å². The largest absolute Gasteiger partial charge is 0.356 e. The summed E-state index contributed by atoms with van der Waals surface area (Å²) in [5.41, 5.74) is 5.64. The molecule has 0 spiro atoms. The summed E-state index contributed by atoms with van der Waals surface area (Å²) in [7, 11) is 0. The van der Waals surface area contributed by atoms with Gasteiger partial charge < -0.3 is 5.32 Å². The van der Waals surface area contributed by atoms with Gasteiger partial charge in [-0.1, -0.05) is 54.1 Å². The van der Waals surface area contributed by atoms with Crippen molar-refractivity contribution in [1.82, 2.24) is 0 Å². The number of anilines is 1. The molecule has 0 bridgehead atoms. The molecule has 2 rings (SSSR count). The second kappa shape index (κ2) is 4.88. The van der Waals surface area contributed by atoms with Crippen LogP contribution in [0.4, 0.5) is 5.69 Å². The number of aryl methyl sites for hydroxylation is 2. The molecule has 0 saturated heterocycles. The molecule has 0 fully saturated rings. The Hall–Kier alpha value is -2.02. The Labute approximate surface area is 103 Å². The van der Waals surface area contributed by atoms with E-state index in [0.29, 0.717) is 0 Å². The fraction of sp³-hybridized carbons (Fsp3) is 0.125. The number of rotatable bonds is 3. The topological polar surface area (TPSA) is 12.0 Å². The first-order valence-electron chi connectivity index (χ1n) is 5.75. The predicted molar refractivity (Wildman–Crippen MR) is 75.0 cm³/mol. The van der Waals surface area contributed by atoms with E-state index >= 15 is 0 Å². The SMILES string of the molecule is C=C(Nc1ccc(C)cc1)c1ccc(C)cc1. The fourth-order valence-corrected chi connectivity index (χ4v) is 1.64. The average molecular weight is 223 g/mol. The lowest BCUT2D eigenvalue weighted by molar-refractivity contribution is 1.43. The highest BCUT2D eigenvalue weighted by Crippen LogP contribution is 2.17. The minimum atomic E-state index is 0.925. The lowest BCUT2D eigenvalue weighted by Crippen LogP contribution is -1.97. The molecule has 0 aromatic heterocycles. The van der Waals surface area contributed by atoms with Crippen molar-refractivity contribution < 1.29 is 0 Å². The summed E-state index contributed by atoms with van der Waals surface area (Å²) in [6.45, 7) is 8.23. The van der Waals surface area contributed by atoms with E-state index in [1.54, 1.807) is 0 Å². The molecule has 0 heterocycles. The predicted octanol–water partition coefficient (Wildman–Crippen LogP) is 4.39. The fourth-order valence-electron chi connectivity index (χ4n) is 1.64. The van der Waals surface area contributed by atoms with E-state index in [9.17, 15) is 0 Å². The highest BCUT2D eigenvalue weighted by Gasteiger charge is 1.98. The third-order valence-corrected chi connectivity index (χ3v) is 2.75.